The van der Waals surface area contributed by atoms with Crippen LogP contribution in [0.4, 0.5) is 0 Å². The van der Waals surface area contributed by atoms with Crippen molar-refractivity contribution in [1.29, 1.82) is 0 Å². The molecule has 0 bridgehead atoms. The van der Waals surface area contributed by atoms with Crippen LogP contribution in [0.5, 0.6) is 5.75 Å². The second kappa shape index (κ2) is 9.28. The second-order valence-electron chi connectivity index (χ2n) is 6.76. The van der Waals surface area contributed by atoms with Crippen molar-refractivity contribution in [3.63, 3.8) is 0 Å². The number of aryl methyl sites for hydroxylation is 2. The molecule has 0 unspecified atom stereocenters. The quantitative estimate of drug-likeness (QED) is 0.457. The van der Waals surface area contributed by atoms with Crippen molar-refractivity contribution in [3.05, 3.63) is 76.3 Å². The van der Waals surface area contributed by atoms with Gasteiger partial charge in [-0.05, 0) is 59.9 Å². The van der Waals surface area contributed by atoms with Gasteiger partial charge in [0.25, 0.3) is 0 Å². The van der Waals surface area contributed by atoms with E-state index in [9.17, 15) is 0 Å². The van der Waals surface area contributed by atoms with Crippen LogP contribution in [0.3, 0.4) is 0 Å². The van der Waals surface area contributed by atoms with E-state index in [2.05, 4.69) is 41.3 Å². The number of hydrogen-bond donors (Lipinski definition) is 1. The lowest BCUT2D eigenvalue weighted by molar-refractivity contribution is 0.271. The van der Waals surface area contributed by atoms with Crippen LogP contribution in [-0.2, 0) is 12.8 Å². The van der Waals surface area contributed by atoms with Crippen molar-refractivity contribution < 1.29 is 4.74 Å². The number of aromatic nitrogens is 3. The van der Waals surface area contributed by atoms with Crippen molar-refractivity contribution in [2.75, 3.05) is 6.61 Å². The molecule has 0 aliphatic heterocycles. The van der Waals surface area contributed by atoms with Crippen LogP contribution in [0.1, 0.15) is 30.8 Å². The van der Waals surface area contributed by atoms with Gasteiger partial charge in [-0.3, -0.25) is 5.10 Å². The summed E-state index contributed by atoms with van der Waals surface area (Å²) in [4.78, 5) is 0. The molecule has 140 valence electrons. The minimum atomic E-state index is 0.492. The highest BCUT2D eigenvalue weighted by Gasteiger charge is 2.05. The zero-order valence-corrected chi connectivity index (χ0v) is 16.4. The van der Waals surface area contributed by atoms with Gasteiger partial charge < -0.3 is 4.74 Å². The number of aromatic amines is 1. The highest BCUT2D eigenvalue weighted by atomic mass is 32.1. The average molecular weight is 381 g/mol. The van der Waals surface area contributed by atoms with Crippen LogP contribution in [-0.4, -0.2) is 27.7 Å². The fraction of sp³-hybridized carbons (Fsp3) is 0.286. The monoisotopic (exact) mass is 380 g/mol. The van der Waals surface area contributed by atoms with Gasteiger partial charge >= 0.3 is 0 Å². The zero-order chi connectivity index (χ0) is 19.1. The summed E-state index contributed by atoms with van der Waals surface area (Å²) in [5.74, 6) is 2.19. The molecule has 27 heavy (non-hydrogen) atoms. The van der Waals surface area contributed by atoms with Gasteiger partial charge in [-0.2, -0.15) is 14.9 Å². The number of nitrogens with one attached hydrogen (secondary N) is 1. The maximum absolute atomic E-state index is 5.70. The third kappa shape index (κ3) is 5.62. The summed E-state index contributed by atoms with van der Waals surface area (Å²) < 4.78 is 7.88. The van der Waals surface area contributed by atoms with E-state index < -0.39 is 0 Å². The molecule has 0 aliphatic carbocycles. The van der Waals surface area contributed by atoms with Gasteiger partial charge in [-0.25, -0.2) is 0 Å². The highest BCUT2D eigenvalue weighted by molar-refractivity contribution is 7.71. The van der Waals surface area contributed by atoms with E-state index in [1.54, 1.807) is 10.9 Å². The molecule has 0 saturated carbocycles. The summed E-state index contributed by atoms with van der Waals surface area (Å²) in [7, 11) is 0. The van der Waals surface area contributed by atoms with E-state index in [4.69, 9.17) is 17.0 Å². The fourth-order valence-corrected chi connectivity index (χ4v) is 2.74. The first-order valence-corrected chi connectivity index (χ1v) is 9.50. The van der Waals surface area contributed by atoms with E-state index in [0.29, 0.717) is 17.3 Å². The standard InChI is InChI=1S/C21H24N4OS/c1-16(2)15-26-19-11-8-18(9-12-19)14-22-25-20(23-24-21(25)27)13-10-17-6-4-3-5-7-17/h3-9,11-12,14,16H,10,13,15H2,1-2H3,(H,24,27)/b22-14-. The van der Waals surface area contributed by atoms with E-state index in [-0.39, 0.29) is 0 Å². The predicted octanol–water partition coefficient (Wildman–Crippen LogP) is 4.64. The Morgan fingerprint density at radius 1 is 1.11 bits per heavy atom. The first kappa shape index (κ1) is 19.0. The molecular weight excluding hydrogens is 356 g/mol. The highest BCUT2D eigenvalue weighted by Crippen LogP contribution is 2.13. The largest absolute Gasteiger partial charge is 0.493 e. The van der Waals surface area contributed by atoms with Crippen molar-refractivity contribution >= 4 is 18.4 Å². The molecule has 3 aromatic rings. The Kier molecular flexibility index (Phi) is 6.54. The Morgan fingerprint density at radius 3 is 2.56 bits per heavy atom. The molecule has 1 aromatic heterocycles. The lowest BCUT2D eigenvalue weighted by Gasteiger charge is -2.08. The van der Waals surface area contributed by atoms with Gasteiger partial charge in [-0.15, -0.1) is 0 Å². The maximum Gasteiger partial charge on any atom is 0.216 e. The third-order valence-electron chi connectivity index (χ3n) is 3.98. The smallest absolute Gasteiger partial charge is 0.216 e. The van der Waals surface area contributed by atoms with E-state index in [1.165, 1.54) is 5.56 Å². The van der Waals surface area contributed by atoms with Crippen LogP contribution < -0.4 is 4.74 Å². The molecule has 0 spiro atoms. The molecule has 2 aromatic carbocycles. The Hall–Kier alpha value is -2.73. The normalized spacial score (nSPS) is 11.4. The number of nitrogens with zero attached hydrogens (tertiary/aromatic N) is 3. The van der Waals surface area contributed by atoms with Gasteiger partial charge in [0.2, 0.25) is 4.77 Å². The molecular formula is C21H24N4OS. The lowest BCUT2D eigenvalue weighted by atomic mass is 10.1. The molecule has 0 saturated heterocycles. The SMILES string of the molecule is CC(C)COc1ccc(/C=N\n2c(CCc3ccccc3)n[nH]c2=S)cc1. The Bertz CT molecular complexity index is 927. The summed E-state index contributed by atoms with van der Waals surface area (Å²) in [5, 5.41) is 11.6. The molecule has 0 amide bonds. The van der Waals surface area contributed by atoms with Crippen LogP contribution in [0, 0.1) is 10.7 Å². The number of benzene rings is 2. The van der Waals surface area contributed by atoms with Crippen molar-refractivity contribution in [1.82, 2.24) is 14.9 Å². The summed E-state index contributed by atoms with van der Waals surface area (Å²) in [6.07, 6.45) is 3.43. The summed E-state index contributed by atoms with van der Waals surface area (Å²) >= 11 is 5.31. The number of H-pyrrole nitrogens is 1. The minimum absolute atomic E-state index is 0.492. The van der Waals surface area contributed by atoms with Crippen LogP contribution in [0.25, 0.3) is 0 Å². The fourth-order valence-electron chi connectivity index (χ4n) is 2.54. The molecule has 6 heteroatoms. The molecule has 5 nitrogen and oxygen atoms in total. The summed E-state index contributed by atoms with van der Waals surface area (Å²) in [6.45, 7) is 4.97. The number of hydrogen-bond acceptors (Lipinski definition) is 4. The second-order valence-corrected chi connectivity index (χ2v) is 7.15. The first-order valence-electron chi connectivity index (χ1n) is 9.09. The molecule has 0 radical (unpaired) electrons. The predicted molar refractivity (Wildman–Crippen MR) is 111 cm³/mol. The molecule has 0 aliphatic rings. The van der Waals surface area contributed by atoms with Crippen LogP contribution in [0.15, 0.2) is 59.7 Å². The topological polar surface area (TPSA) is 55.2 Å². The third-order valence-corrected chi connectivity index (χ3v) is 4.25. The number of ether oxygens (including phenoxy) is 1. The summed E-state index contributed by atoms with van der Waals surface area (Å²) in [5.41, 5.74) is 2.24. The van der Waals surface area contributed by atoms with Gasteiger partial charge in [0.1, 0.15) is 5.75 Å². The molecule has 1 heterocycles. The Labute approximate surface area is 164 Å². The maximum atomic E-state index is 5.70. The van der Waals surface area contributed by atoms with E-state index in [0.717, 1.165) is 30.0 Å². The van der Waals surface area contributed by atoms with Crippen LogP contribution >= 0.6 is 12.2 Å². The Balaban J connectivity index is 1.66. The van der Waals surface area contributed by atoms with Gasteiger partial charge in [-0.1, -0.05) is 44.2 Å². The average Bonchev–Trinajstić information content (AvgIpc) is 3.04. The van der Waals surface area contributed by atoms with E-state index in [1.807, 2.05) is 42.5 Å². The zero-order valence-electron chi connectivity index (χ0n) is 15.6. The van der Waals surface area contributed by atoms with Gasteiger partial charge in [0.05, 0.1) is 12.8 Å². The first-order chi connectivity index (χ1) is 13.1. The van der Waals surface area contributed by atoms with Gasteiger partial charge in [0, 0.05) is 6.42 Å². The van der Waals surface area contributed by atoms with Crippen LogP contribution in [0.2, 0.25) is 0 Å². The van der Waals surface area contributed by atoms with E-state index >= 15 is 0 Å². The number of rotatable bonds is 8. The Morgan fingerprint density at radius 2 is 1.85 bits per heavy atom. The van der Waals surface area contributed by atoms with Crippen molar-refractivity contribution in [2.24, 2.45) is 11.0 Å². The van der Waals surface area contributed by atoms with Crippen molar-refractivity contribution in [3.8, 4) is 5.75 Å². The molecule has 0 fully saturated rings. The minimum Gasteiger partial charge on any atom is -0.493 e. The molecule has 3 rings (SSSR count). The van der Waals surface area contributed by atoms with Crippen molar-refractivity contribution in [2.45, 2.75) is 26.7 Å². The lowest BCUT2D eigenvalue weighted by Crippen LogP contribution is -2.04. The summed E-state index contributed by atoms with van der Waals surface area (Å²) in [6, 6.07) is 18.2. The van der Waals surface area contributed by atoms with Gasteiger partial charge in [0.15, 0.2) is 5.82 Å². The molecule has 1 N–H and O–H groups in total. The molecule has 0 atom stereocenters.